The molecule has 0 radical (unpaired) electrons. The summed E-state index contributed by atoms with van der Waals surface area (Å²) in [6.07, 6.45) is 2.07. The highest BCUT2D eigenvalue weighted by Gasteiger charge is 2.34. The van der Waals surface area contributed by atoms with Crippen LogP contribution < -0.4 is 9.62 Å². The summed E-state index contributed by atoms with van der Waals surface area (Å²) in [7, 11) is -4.25. The van der Waals surface area contributed by atoms with Crippen LogP contribution in [0, 0.1) is 13.8 Å². The van der Waals surface area contributed by atoms with Crippen molar-refractivity contribution in [1.29, 1.82) is 0 Å². The molecule has 3 rings (SSSR count). The molecule has 3 aromatic carbocycles. The zero-order valence-electron chi connectivity index (χ0n) is 23.9. The zero-order chi connectivity index (χ0) is 30.2. The van der Waals surface area contributed by atoms with Crippen LogP contribution in [-0.4, -0.2) is 44.3 Å². The summed E-state index contributed by atoms with van der Waals surface area (Å²) >= 11 is 12.8. The number of amides is 2. The van der Waals surface area contributed by atoms with Crippen LogP contribution in [0.15, 0.2) is 71.6 Å². The van der Waals surface area contributed by atoms with Crippen molar-refractivity contribution >= 4 is 50.7 Å². The number of hydrogen-bond acceptors (Lipinski definition) is 4. The summed E-state index contributed by atoms with van der Waals surface area (Å²) in [5, 5.41) is 3.09. The molecule has 3 aromatic rings. The first kappa shape index (κ1) is 32.4. The first-order chi connectivity index (χ1) is 19.5. The average molecular weight is 619 g/mol. The number of halogens is 2. The van der Waals surface area contributed by atoms with Crippen molar-refractivity contribution in [3.8, 4) is 0 Å². The van der Waals surface area contributed by atoms with E-state index >= 15 is 0 Å². The quantitative estimate of drug-likeness (QED) is 0.221. The van der Waals surface area contributed by atoms with E-state index in [4.69, 9.17) is 23.2 Å². The van der Waals surface area contributed by atoms with Gasteiger partial charge in [0.2, 0.25) is 11.8 Å². The van der Waals surface area contributed by atoms with Crippen molar-refractivity contribution < 1.29 is 18.0 Å². The van der Waals surface area contributed by atoms with Crippen molar-refractivity contribution in [2.24, 2.45) is 0 Å². The van der Waals surface area contributed by atoms with Crippen molar-refractivity contribution in [3.05, 3.63) is 93.5 Å². The number of carbonyl (C=O) groups excluding carboxylic acids is 2. The third kappa shape index (κ3) is 8.03. The maximum Gasteiger partial charge on any atom is 0.264 e. The van der Waals surface area contributed by atoms with E-state index in [0.717, 1.165) is 33.8 Å². The predicted molar refractivity (Wildman–Crippen MR) is 166 cm³/mol. The highest BCUT2D eigenvalue weighted by Crippen LogP contribution is 2.35. The largest absolute Gasteiger partial charge is 0.354 e. The second-order valence-electron chi connectivity index (χ2n) is 9.91. The Labute approximate surface area is 253 Å². The molecule has 220 valence electrons. The Morgan fingerprint density at radius 3 is 2.24 bits per heavy atom. The highest BCUT2D eigenvalue weighted by atomic mass is 35.5. The fourth-order valence-corrected chi connectivity index (χ4v) is 6.31. The molecule has 0 heterocycles. The normalized spacial score (nSPS) is 12.0. The molecule has 1 N–H and O–H groups in total. The molecule has 1 atom stereocenters. The van der Waals surface area contributed by atoms with Gasteiger partial charge < -0.3 is 10.2 Å². The lowest BCUT2D eigenvalue weighted by Gasteiger charge is -2.33. The van der Waals surface area contributed by atoms with Crippen molar-refractivity contribution in [1.82, 2.24) is 10.2 Å². The van der Waals surface area contributed by atoms with Crippen LogP contribution in [0.3, 0.4) is 0 Å². The molecule has 0 unspecified atom stereocenters. The molecule has 0 saturated carbocycles. The maximum absolute atomic E-state index is 14.2. The third-order valence-corrected chi connectivity index (χ3v) is 9.49. The fraction of sp³-hybridized carbons (Fsp3) is 0.355. The summed E-state index contributed by atoms with van der Waals surface area (Å²) in [5.41, 5.74) is 2.77. The van der Waals surface area contributed by atoms with Gasteiger partial charge in [0.05, 0.1) is 20.6 Å². The first-order valence-electron chi connectivity index (χ1n) is 13.7. The molecular formula is C31H37Cl2N3O4S. The smallest absolute Gasteiger partial charge is 0.264 e. The molecule has 0 bridgehead atoms. The molecular weight excluding hydrogens is 581 g/mol. The Hall–Kier alpha value is -3.07. The van der Waals surface area contributed by atoms with Crippen LogP contribution in [0.2, 0.25) is 10.0 Å². The van der Waals surface area contributed by atoms with Crippen LogP contribution in [0.1, 0.15) is 49.8 Å². The summed E-state index contributed by atoms with van der Waals surface area (Å²) in [4.78, 5) is 28.9. The zero-order valence-corrected chi connectivity index (χ0v) is 26.2. The second kappa shape index (κ2) is 14.7. The topological polar surface area (TPSA) is 86.8 Å². The predicted octanol–water partition coefficient (Wildman–Crippen LogP) is 6.53. The molecule has 0 aliphatic carbocycles. The van der Waals surface area contributed by atoms with Gasteiger partial charge in [-0.25, -0.2) is 8.42 Å². The SMILES string of the molecule is CCCCNC(=O)[C@H](CC)N(Cc1ccccc1C)C(=O)CN(c1cccc(Cl)c1Cl)S(=O)(=O)c1ccc(C)cc1. The Balaban J connectivity index is 2.09. The van der Waals surface area contributed by atoms with Crippen LogP contribution in [0.4, 0.5) is 5.69 Å². The van der Waals surface area contributed by atoms with Gasteiger partial charge in [-0.3, -0.25) is 13.9 Å². The number of rotatable bonds is 13. The lowest BCUT2D eigenvalue weighted by Crippen LogP contribution is -2.52. The molecule has 0 saturated heterocycles. The van der Waals surface area contributed by atoms with Crippen LogP contribution in [0.5, 0.6) is 0 Å². The van der Waals surface area contributed by atoms with Gasteiger partial charge in [0, 0.05) is 13.1 Å². The van der Waals surface area contributed by atoms with Crippen LogP contribution in [0.25, 0.3) is 0 Å². The monoisotopic (exact) mass is 617 g/mol. The molecule has 7 nitrogen and oxygen atoms in total. The van der Waals surface area contributed by atoms with Gasteiger partial charge in [-0.2, -0.15) is 0 Å². The Kier molecular flexibility index (Phi) is 11.6. The lowest BCUT2D eigenvalue weighted by molar-refractivity contribution is -0.140. The molecule has 41 heavy (non-hydrogen) atoms. The van der Waals surface area contributed by atoms with Gasteiger partial charge in [0.15, 0.2) is 0 Å². The van der Waals surface area contributed by atoms with E-state index < -0.39 is 28.5 Å². The van der Waals surface area contributed by atoms with Gasteiger partial charge in [-0.1, -0.05) is 91.5 Å². The second-order valence-corrected chi connectivity index (χ2v) is 12.6. The van der Waals surface area contributed by atoms with Crippen molar-refractivity contribution in [2.75, 3.05) is 17.4 Å². The number of carbonyl (C=O) groups is 2. The molecule has 10 heteroatoms. The van der Waals surface area contributed by atoms with E-state index in [1.54, 1.807) is 24.3 Å². The van der Waals surface area contributed by atoms with E-state index in [-0.39, 0.29) is 33.1 Å². The minimum atomic E-state index is -4.25. The van der Waals surface area contributed by atoms with Gasteiger partial charge in [0.25, 0.3) is 10.0 Å². The summed E-state index contributed by atoms with van der Waals surface area (Å²) in [6, 6.07) is 17.8. The Bertz CT molecular complexity index is 1460. The Morgan fingerprint density at radius 2 is 1.61 bits per heavy atom. The van der Waals surface area contributed by atoms with E-state index in [9.17, 15) is 18.0 Å². The number of benzene rings is 3. The number of nitrogens with zero attached hydrogens (tertiary/aromatic N) is 2. The molecule has 0 fully saturated rings. The van der Waals surface area contributed by atoms with Gasteiger partial charge in [-0.05, 0) is 62.1 Å². The number of anilines is 1. The fourth-order valence-electron chi connectivity index (χ4n) is 4.43. The maximum atomic E-state index is 14.2. The average Bonchev–Trinajstić information content (AvgIpc) is 2.94. The number of sulfonamides is 1. The Morgan fingerprint density at radius 1 is 0.927 bits per heavy atom. The molecule has 0 aliphatic heterocycles. The minimum absolute atomic E-state index is 0.00162. The van der Waals surface area contributed by atoms with Crippen molar-refractivity contribution in [3.63, 3.8) is 0 Å². The molecule has 0 aromatic heterocycles. The van der Waals surface area contributed by atoms with Crippen LogP contribution >= 0.6 is 23.2 Å². The van der Waals surface area contributed by atoms with E-state index in [0.29, 0.717) is 13.0 Å². The van der Waals surface area contributed by atoms with Crippen LogP contribution in [-0.2, 0) is 26.2 Å². The van der Waals surface area contributed by atoms with Crippen molar-refractivity contribution in [2.45, 2.75) is 64.4 Å². The van der Waals surface area contributed by atoms with E-state index in [1.807, 2.05) is 52.0 Å². The third-order valence-electron chi connectivity index (χ3n) is 6.91. The van der Waals surface area contributed by atoms with Gasteiger partial charge in [-0.15, -0.1) is 0 Å². The van der Waals surface area contributed by atoms with Gasteiger partial charge >= 0.3 is 0 Å². The standard InChI is InChI=1S/C31H37Cl2N3O4S/c1-5-7-19-34-31(38)27(6-2)35(20-24-12-9-8-11-23(24)4)29(37)21-36(28-14-10-13-26(32)30(28)33)41(39,40)25-17-15-22(3)16-18-25/h8-18,27H,5-7,19-21H2,1-4H3,(H,34,38)/t27-/m0/s1. The highest BCUT2D eigenvalue weighted by molar-refractivity contribution is 7.92. The number of unbranched alkanes of at least 4 members (excludes halogenated alkanes) is 1. The summed E-state index contributed by atoms with van der Waals surface area (Å²) < 4.78 is 29.0. The summed E-state index contributed by atoms with van der Waals surface area (Å²) in [5.74, 6) is -0.825. The summed E-state index contributed by atoms with van der Waals surface area (Å²) in [6.45, 7) is 7.68. The molecule has 0 spiro atoms. The number of nitrogens with one attached hydrogen (secondary N) is 1. The van der Waals surface area contributed by atoms with Gasteiger partial charge in [0.1, 0.15) is 12.6 Å². The minimum Gasteiger partial charge on any atom is -0.354 e. The lowest BCUT2D eigenvalue weighted by atomic mass is 10.1. The molecule has 2 amide bonds. The molecule has 0 aliphatic rings. The number of hydrogen-bond donors (Lipinski definition) is 1. The number of aryl methyl sites for hydroxylation is 2. The first-order valence-corrected chi connectivity index (χ1v) is 15.9. The van der Waals surface area contributed by atoms with E-state index in [2.05, 4.69) is 5.32 Å². The van der Waals surface area contributed by atoms with E-state index in [1.165, 1.54) is 23.1 Å².